The van der Waals surface area contributed by atoms with Crippen LogP contribution in [0.25, 0.3) is 0 Å². The normalized spacial score (nSPS) is 15.8. The Morgan fingerprint density at radius 2 is 2.14 bits per heavy atom. The lowest BCUT2D eigenvalue weighted by Crippen LogP contribution is -2.26. The summed E-state index contributed by atoms with van der Waals surface area (Å²) in [6.07, 6.45) is 3.48. The molecular weight excluding hydrogens is 266 g/mol. The molecular formula is C17H21NO3. The second-order valence-corrected chi connectivity index (χ2v) is 5.51. The summed E-state index contributed by atoms with van der Waals surface area (Å²) in [5.41, 5.74) is 1.88. The van der Waals surface area contributed by atoms with E-state index in [4.69, 9.17) is 9.15 Å². The molecule has 1 saturated carbocycles. The first kappa shape index (κ1) is 14.0. The zero-order valence-electron chi connectivity index (χ0n) is 12.5. The average molecular weight is 287 g/mol. The first-order valence-corrected chi connectivity index (χ1v) is 7.34. The Kier molecular flexibility index (Phi) is 3.88. The predicted molar refractivity (Wildman–Crippen MR) is 81.5 cm³/mol. The van der Waals surface area contributed by atoms with Crippen LogP contribution in [-0.4, -0.2) is 18.3 Å². The topological polar surface area (TPSA) is 45.8 Å². The fourth-order valence-electron chi connectivity index (χ4n) is 2.75. The number of methoxy groups -OCH3 is 1. The highest BCUT2D eigenvalue weighted by molar-refractivity contribution is 5.61. The molecule has 1 aliphatic carbocycles. The lowest BCUT2D eigenvalue weighted by molar-refractivity contribution is 0.194. The molecule has 0 radical (unpaired) electrons. The highest BCUT2D eigenvalue weighted by Gasteiger charge is 2.32. The molecule has 0 unspecified atom stereocenters. The lowest BCUT2D eigenvalue weighted by Gasteiger charge is -2.28. The molecule has 1 aromatic heterocycles. The fourth-order valence-corrected chi connectivity index (χ4v) is 2.75. The number of benzene rings is 1. The first-order valence-electron chi connectivity index (χ1n) is 7.34. The van der Waals surface area contributed by atoms with Gasteiger partial charge in [0.2, 0.25) is 0 Å². The quantitative estimate of drug-likeness (QED) is 0.883. The van der Waals surface area contributed by atoms with E-state index in [1.54, 1.807) is 20.3 Å². The molecule has 1 heterocycles. The number of hydrogen-bond acceptors (Lipinski definition) is 4. The summed E-state index contributed by atoms with van der Waals surface area (Å²) in [5.74, 6) is 1.66. The average Bonchev–Trinajstić information content (AvgIpc) is 3.20. The minimum absolute atomic E-state index is 0.514. The Morgan fingerprint density at radius 3 is 2.71 bits per heavy atom. The summed E-state index contributed by atoms with van der Waals surface area (Å²) in [5, 5.41) is 10.2. The molecule has 21 heavy (non-hydrogen) atoms. The SMILES string of the molecule is COc1cccc(N(Cc2ccco2)C2CC2)c1[C@@H](C)O. The summed E-state index contributed by atoms with van der Waals surface area (Å²) >= 11 is 0. The van der Waals surface area contributed by atoms with E-state index < -0.39 is 6.10 Å². The molecule has 0 aliphatic heterocycles. The summed E-state index contributed by atoms with van der Waals surface area (Å²) in [6.45, 7) is 2.49. The minimum atomic E-state index is -0.575. The van der Waals surface area contributed by atoms with E-state index in [2.05, 4.69) is 4.90 Å². The maximum absolute atomic E-state index is 10.2. The third-order valence-electron chi connectivity index (χ3n) is 3.88. The number of aliphatic hydroxyl groups excluding tert-OH is 1. The number of hydrogen-bond donors (Lipinski definition) is 1. The number of furan rings is 1. The minimum Gasteiger partial charge on any atom is -0.496 e. The lowest BCUT2D eigenvalue weighted by atomic mass is 10.1. The second kappa shape index (κ2) is 5.82. The van der Waals surface area contributed by atoms with E-state index in [1.807, 2.05) is 30.3 Å². The monoisotopic (exact) mass is 287 g/mol. The van der Waals surface area contributed by atoms with Gasteiger partial charge in [0, 0.05) is 17.3 Å². The third kappa shape index (κ3) is 2.90. The van der Waals surface area contributed by atoms with Gasteiger partial charge in [-0.2, -0.15) is 0 Å². The van der Waals surface area contributed by atoms with Gasteiger partial charge >= 0.3 is 0 Å². The van der Waals surface area contributed by atoms with Gasteiger partial charge in [-0.25, -0.2) is 0 Å². The van der Waals surface area contributed by atoms with Gasteiger partial charge in [-0.3, -0.25) is 0 Å². The molecule has 0 amide bonds. The summed E-state index contributed by atoms with van der Waals surface area (Å²) in [6, 6.07) is 10.3. The van der Waals surface area contributed by atoms with Crippen molar-refractivity contribution >= 4 is 5.69 Å². The van der Waals surface area contributed by atoms with Gasteiger partial charge in [0.1, 0.15) is 11.5 Å². The number of nitrogens with zero attached hydrogens (tertiary/aromatic N) is 1. The van der Waals surface area contributed by atoms with Gasteiger partial charge < -0.3 is 19.2 Å². The van der Waals surface area contributed by atoms with E-state index >= 15 is 0 Å². The van der Waals surface area contributed by atoms with Crippen molar-refractivity contribution in [3.63, 3.8) is 0 Å². The van der Waals surface area contributed by atoms with Crippen LogP contribution < -0.4 is 9.64 Å². The maximum Gasteiger partial charge on any atom is 0.126 e. The summed E-state index contributed by atoms with van der Waals surface area (Å²) in [7, 11) is 1.64. The first-order chi connectivity index (χ1) is 10.2. The van der Waals surface area contributed by atoms with Crippen molar-refractivity contribution in [3.05, 3.63) is 47.9 Å². The molecule has 1 aliphatic rings. The van der Waals surface area contributed by atoms with Crippen LogP contribution in [0.5, 0.6) is 5.75 Å². The van der Waals surface area contributed by atoms with Crippen LogP contribution >= 0.6 is 0 Å². The number of rotatable bonds is 6. The molecule has 1 aromatic carbocycles. The van der Waals surface area contributed by atoms with Gasteiger partial charge in [-0.15, -0.1) is 0 Å². The molecule has 3 rings (SSSR count). The third-order valence-corrected chi connectivity index (χ3v) is 3.88. The Balaban J connectivity index is 1.99. The van der Waals surface area contributed by atoms with Gasteiger partial charge in [0.15, 0.2) is 0 Å². The van der Waals surface area contributed by atoms with E-state index in [0.29, 0.717) is 12.6 Å². The van der Waals surface area contributed by atoms with Crippen LogP contribution in [0.4, 0.5) is 5.69 Å². The van der Waals surface area contributed by atoms with Crippen molar-refractivity contribution in [2.75, 3.05) is 12.0 Å². The highest BCUT2D eigenvalue weighted by atomic mass is 16.5. The molecule has 0 saturated heterocycles. The Labute approximate surface area is 124 Å². The zero-order valence-corrected chi connectivity index (χ0v) is 12.5. The molecule has 1 N–H and O–H groups in total. The van der Waals surface area contributed by atoms with Gasteiger partial charge in [0.25, 0.3) is 0 Å². The molecule has 1 fully saturated rings. The molecule has 0 spiro atoms. The number of ether oxygens (including phenoxy) is 1. The standard InChI is InChI=1S/C17H21NO3/c1-12(19)17-15(6-3-7-16(17)20-2)18(13-8-9-13)11-14-5-4-10-21-14/h3-7,10,12-13,19H,8-9,11H2,1-2H3/t12-/m1/s1. The number of aliphatic hydroxyl groups is 1. The molecule has 0 bridgehead atoms. The smallest absolute Gasteiger partial charge is 0.126 e. The van der Waals surface area contributed by atoms with Crippen LogP contribution in [0.3, 0.4) is 0 Å². The van der Waals surface area contributed by atoms with Crippen LogP contribution in [-0.2, 0) is 6.54 Å². The van der Waals surface area contributed by atoms with Gasteiger partial charge in [-0.1, -0.05) is 6.07 Å². The molecule has 2 aromatic rings. The van der Waals surface area contributed by atoms with Gasteiger partial charge in [-0.05, 0) is 44.0 Å². The van der Waals surface area contributed by atoms with Crippen LogP contribution in [0.2, 0.25) is 0 Å². The van der Waals surface area contributed by atoms with Crippen molar-refractivity contribution in [1.29, 1.82) is 0 Å². The summed E-state index contributed by atoms with van der Waals surface area (Å²) < 4.78 is 10.9. The van der Waals surface area contributed by atoms with Crippen molar-refractivity contribution in [2.24, 2.45) is 0 Å². The van der Waals surface area contributed by atoms with E-state index in [1.165, 1.54) is 12.8 Å². The van der Waals surface area contributed by atoms with E-state index in [9.17, 15) is 5.11 Å². The second-order valence-electron chi connectivity index (χ2n) is 5.51. The van der Waals surface area contributed by atoms with Crippen molar-refractivity contribution in [3.8, 4) is 5.75 Å². The highest BCUT2D eigenvalue weighted by Crippen LogP contribution is 2.40. The molecule has 4 heteroatoms. The van der Waals surface area contributed by atoms with Crippen LogP contribution in [0.1, 0.15) is 37.2 Å². The molecule has 1 atom stereocenters. The van der Waals surface area contributed by atoms with Crippen molar-refractivity contribution in [1.82, 2.24) is 0 Å². The van der Waals surface area contributed by atoms with Crippen LogP contribution in [0.15, 0.2) is 41.0 Å². The van der Waals surface area contributed by atoms with Crippen molar-refractivity contribution in [2.45, 2.75) is 38.5 Å². The molecule has 112 valence electrons. The van der Waals surface area contributed by atoms with Gasteiger partial charge in [0.05, 0.1) is 26.0 Å². The number of anilines is 1. The summed E-state index contributed by atoms with van der Waals surface area (Å²) in [4.78, 5) is 2.31. The largest absolute Gasteiger partial charge is 0.496 e. The molecule has 4 nitrogen and oxygen atoms in total. The Bertz CT molecular complexity index is 588. The van der Waals surface area contributed by atoms with E-state index in [-0.39, 0.29) is 0 Å². The Morgan fingerprint density at radius 1 is 1.33 bits per heavy atom. The van der Waals surface area contributed by atoms with Crippen LogP contribution in [0, 0.1) is 0 Å². The predicted octanol–water partition coefficient (Wildman–Crippen LogP) is 3.51. The maximum atomic E-state index is 10.2. The fraction of sp³-hybridized carbons (Fsp3) is 0.412. The zero-order chi connectivity index (χ0) is 14.8. The Hall–Kier alpha value is -1.94. The van der Waals surface area contributed by atoms with E-state index in [0.717, 1.165) is 22.8 Å². The van der Waals surface area contributed by atoms with Crippen molar-refractivity contribution < 1.29 is 14.3 Å².